The number of aliphatic hydroxyl groups excluding tert-OH is 1. The number of urea groups is 1. The zero-order chi connectivity index (χ0) is 15.7. The van der Waals surface area contributed by atoms with E-state index in [0.29, 0.717) is 5.56 Å². The first-order chi connectivity index (χ1) is 10.5. The highest BCUT2D eigenvalue weighted by atomic mass is 16.3. The van der Waals surface area contributed by atoms with Crippen LogP contribution in [0.3, 0.4) is 0 Å². The molecule has 1 saturated heterocycles. The van der Waals surface area contributed by atoms with E-state index in [-0.39, 0.29) is 0 Å². The molecule has 5 nitrogen and oxygen atoms in total. The molecule has 2 aromatic rings. The van der Waals surface area contributed by atoms with Gasteiger partial charge >= 0.3 is 6.03 Å². The highest BCUT2D eigenvalue weighted by Gasteiger charge is 2.48. The average molecular weight is 296 g/mol. The summed E-state index contributed by atoms with van der Waals surface area (Å²) in [5, 5.41) is 15.1. The molecule has 5 heteroatoms. The molecule has 1 aliphatic rings. The van der Waals surface area contributed by atoms with Gasteiger partial charge in [0.05, 0.1) is 0 Å². The van der Waals surface area contributed by atoms with E-state index in [0.717, 1.165) is 11.1 Å². The van der Waals surface area contributed by atoms with Crippen LogP contribution >= 0.6 is 0 Å². The lowest BCUT2D eigenvalue weighted by atomic mass is 9.89. The van der Waals surface area contributed by atoms with Crippen molar-refractivity contribution >= 4 is 11.9 Å². The van der Waals surface area contributed by atoms with E-state index >= 15 is 0 Å². The third kappa shape index (κ3) is 2.35. The molecule has 3 rings (SSSR count). The van der Waals surface area contributed by atoms with Gasteiger partial charge in [-0.2, -0.15) is 0 Å². The van der Waals surface area contributed by atoms with Crippen LogP contribution < -0.4 is 10.6 Å². The molecule has 112 valence electrons. The van der Waals surface area contributed by atoms with Crippen molar-refractivity contribution in [3.63, 3.8) is 0 Å². The molecule has 0 spiro atoms. The molecule has 3 amide bonds. The van der Waals surface area contributed by atoms with Gasteiger partial charge in [0.15, 0.2) is 0 Å². The lowest BCUT2D eigenvalue weighted by molar-refractivity contribution is -0.127. The largest absolute Gasteiger partial charge is 0.385 e. The molecule has 3 N–H and O–H groups in total. The topological polar surface area (TPSA) is 78.4 Å². The van der Waals surface area contributed by atoms with Gasteiger partial charge in [0, 0.05) is 0 Å². The molecular weight excluding hydrogens is 280 g/mol. The third-order valence-electron chi connectivity index (χ3n) is 3.95. The van der Waals surface area contributed by atoms with Crippen LogP contribution in [-0.4, -0.2) is 22.6 Å². The molecule has 22 heavy (non-hydrogen) atoms. The van der Waals surface area contributed by atoms with Gasteiger partial charge in [-0.05, 0) is 23.6 Å². The SMILES string of the molecule is C[C@]1([C@@H](O)c2ccc(-c3ccccc3)cc2)NC(=O)NC1=O. The van der Waals surface area contributed by atoms with E-state index in [1.165, 1.54) is 6.92 Å². The van der Waals surface area contributed by atoms with E-state index in [1.54, 1.807) is 12.1 Å². The number of nitrogens with one attached hydrogen (secondary N) is 2. The van der Waals surface area contributed by atoms with Crippen LogP contribution in [0, 0.1) is 0 Å². The maximum Gasteiger partial charge on any atom is 0.322 e. The van der Waals surface area contributed by atoms with E-state index in [4.69, 9.17) is 0 Å². The summed E-state index contributed by atoms with van der Waals surface area (Å²) in [6.45, 7) is 1.50. The van der Waals surface area contributed by atoms with Crippen LogP contribution in [0.15, 0.2) is 54.6 Å². The van der Waals surface area contributed by atoms with Crippen molar-refractivity contribution in [2.75, 3.05) is 0 Å². The molecular formula is C17H16N2O3. The van der Waals surface area contributed by atoms with Crippen molar-refractivity contribution in [2.24, 2.45) is 0 Å². The number of rotatable bonds is 3. The molecule has 0 aromatic heterocycles. The van der Waals surface area contributed by atoms with E-state index in [1.807, 2.05) is 42.5 Å². The summed E-state index contributed by atoms with van der Waals surface area (Å²) >= 11 is 0. The number of amides is 3. The maximum absolute atomic E-state index is 11.9. The summed E-state index contributed by atoms with van der Waals surface area (Å²) in [6, 6.07) is 16.5. The number of hydrogen-bond acceptors (Lipinski definition) is 3. The molecule has 2 aromatic carbocycles. The van der Waals surface area contributed by atoms with Gasteiger partial charge in [0.2, 0.25) is 0 Å². The Morgan fingerprint density at radius 1 is 0.955 bits per heavy atom. The van der Waals surface area contributed by atoms with Gasteiger partial charge in [-0.15, -0.1) is 0 Å². The van der Waals surface area contributed by atoms with Crippen LogP contribution in [0.1, 0.15) is 18.6 Å². The minimum absolute atomic E-state index is 0.530. The Bertz CT molecular complexity index is 712. The summed E-state index contributed by atoms with van der Waals surface area (Å²) in [4.78, 5) is 23.1. The Hall–Kier alpha value is -2.66. The second-order valence-corrected chi connectivity index (χ2v) is 5.50. The second kappa shape index (κ2) is 5.27. The number of carbonyl (C=O) groups is 2. The molecule has 0 radical (unpaired) electrons. The monoisotopic (exact) mass is 296 g/mol. The van der Waals surface area contributed by atoms with Gasteiger partial charge in [0.1, 0.15) is 11.6 Å². The molecule has 0 aliphatic carbocycles. The Morgan fingerprint density at radius 2 is 1.55 bits per heavy atom. The van der Waals surface area contributed by atoms with E-state index < -0.39 is 23.6 Å². The van der Waals surface area contributed by atoms with Crippen LogP contribution in [0.25, 0.3) is 11.1 Å². The van der Waals surface area contributed by atoms with Crippen LogP contribution in [0.5, 0.6) is 0 Å². The molecule has 1 aliphatic heterocycles. The number of benzene rings is 2. The number of carbonyl (C=O) groups excluding carboxylic acids is 2. The Kier molecular flexibility index (Phi) is 3.42. The van der Waals surface area contributed by atoms with Gasteiger partial charge in [-0.25, -0.2) is 4.79 Å². The smallest absolute Gasteiger partial charge is 0.322 e. The zero-order valence-electron chi connectivity index (χ0n) is 12.0. The summed E-state index contributed by atoms with van der Waals surface area (Å²) in [6.07, 6.45) is -1.12. The number of imide groups is 1. The predicted octanol–water partition coefficient (Wildman–Crippen LogP) is 1.99. The van der Waals surface area contributed by atoms with Crippen molar-refractivity contribution in [1.82, 2.24) is 10.6 Å². The number of hydrogen-bond donors (Lipinski definition) is 3. The number of aliphatic hydroxyl groups is 1. The highest BCUT2D eigenvalue weighted by molar-refractivity contribution is 6.07. The molecule has 0 saturated carbocycles. The van der Waals surface area contributed by atoms with E-state index in [2.05, 4.69) is 10.6 Å². The Morgan fingerprint density at radius 3 is 2.09 bits per heavy atom. The normalized spacial score (nSPS) is 22.1. The predicted molar refractivity (Wildman–Crippen MR) is 81.9 cm³/mol. The summed E-state index contributed by atoms with van der Waals surface area (Å²) in [5.41, 5.74) is 1.30. The second-order valence-electron chi connectivity index (χ2n) is 5.50. The van der Waals surface area contributed by atoms with Gasteiger partial charge < -0.3 is 10.4 Å². The summed E-state index contributed by atoms with van der Waals surface area (Å²) in [5.74, 6) is -0.530. The van der Waals surface area contributed by atoms with Crippen molar-refractivity contribution in [1.29, 1.82) is 0 Å². The maximum atomic E-state index is 11.9. The summed E-state index contributed by atoms with van der Waals surface area (Å²) in [7, 11) is 0. The summed E-state index contributed by atoms with van der Waals surface area (Å²) < 4.78 is 0. The lowest BCUT2D eigenvalue weighted by Gasteiger charge is -2.27. The van der Waals surface area contributed by atoms with Crippen LogP contribution in [-0.2, 0) is 4.79 Å². The third-order valence-corrected chi connectivity index (χ3v) is 3.95. The minimum atomic E-state index is -1.36. The molecule has 1 heterocycles. The Balaban J connectivity index is 1.87. The molecule has 0 bridgehead atoms. The van der Waals surface area contributed by atoms with Crippen molar-refractivity contribution in [2.45, 2.75) is 18.6 Å². The van der Waals surface area contributed by atoms with Crippen LogP contribution in [0.4, 0.5) is 4.79 Å². The molecule has 2 atom stereocenters. The quantitative estimate of drug-likeness (QED) is 0.758. The zero-order valence-corrected chi connectivity index (χ0v) is 12.0. The van der Waals surface area contributed by atoms with Crippen molar-refractivity contribution in [3.05, 3.63) is 60.2 Å². The Labute approximate surface area is 128 Å². The van der Waals surface area contributed by atoms with Gasteiger partial charge in [-0.3, -0.25) is 10.1 Å². The molecule has 1 fully saturated rings. The lowest BCUT2D eigenvalue weighted by Crippen LogP contribution is -2.49. The molecule has 0 unspecified atom stereocenters. The average Bonchev–Trinajstić information content (AvgIpc) is 2.81. The van der Waals surface area contributed by atoms with Crippen molar-refractivity contribution < 1.29 is 14.7 Å². The standard InChI is InChI=1S/C17H16N2O3/c1-17(15(21)18-16(22)19-17)14(20)13-9-7-12(8-10-13)11-5-3-2-4-6-11/h2-10,14,20H,1H3,(H2,18,19,21,22)/t14-,17+/m0/s1. The van der Waals surface area contributed by atoms with E-state index in [9.17, 15) is 14.7 Å². The fourth-order valence-corrected chi connectivity index (χ4v) is 2.57. The van der Waals surface area contributed by atoms with Crippen molar-refractivity contribution in [3.8, 4) is 11.1 Å². The van der Waals surface area contributed by atoms with Gasteiger partial charge in [0.25, 0.3) is 5.91 Å². The fourth-order valence-electron chi connectivity index (χ4n) is 2.57. The first kappa shape index (κ1) is 14.3. The highest BCUT2D eigenvalue weighted by Crippen LogP contribution is 2.30. The van der Waals surface area contributed by atoms with Gasteiger partial charge in [-0.1, -0.05) is 54.6 Å². The first-order valence-electron chi connectivity index (χ1n) is 6.98. The fraction of sp³-hybridized carbons (Fsp3) is 0.176. The van der Waals surface area contributed by atoms with Crippen LogP contribution in [0.2, 0.25) is 0 Å². The minimum Gasteiger partial charge on any atom is -0.385 e. The first-order valence-corrected chi connectivity index (χ1v) is 6.98.